The molecule has 0 atom stereocenters. The minimum absolute atomic E-state index is 0.303. The van der Waals surface area contributed by atoms with Gasteiger partial charge in [0.1, 0.15) is 5.75 Å². The molecule has 0 bridgehead atoms. The molecule has 1 aromatic carbocycles. The second-order valence-electron chi connectivity index (χ2n) is 3.33. The summed E-state index contributed by atoms with van der Waals surface area (Å²) in [6, 6.07) is 7.17. The van der Waals surface area contributed by atoms with Crippen molar-refractivity contribution in [1.29, 1.82) is 0 Å². The highest BCUT2D eigenvalue weighted by Crippen LogP contribution is 2.15. The molecule has 1 rings (SSSR count). The molecule has 1 aromatic rings. The standard InChI is InChI=1S/C11H18N2O/c12-7-2-1-3-8-13-10-5-4-6-11(14)9-10/h4-6,9,13-14H,1-3,7-8,12H2. The van der Waals surface area contributed by atoms with E-state index in [0.717, 1.165) is 38.0 Å². The Morgan fingerprint density at radius 2 is 2.07 bits per heavy atom. The van der Waals surface area contributed by atoms with Crippen LogP contribution >= 0.6 is 0 Å². The maximum atomic E-state index is 9.20. The van der Waals surface area contributed by atoms with E-state index in [9.17, 15) is 5.11 Å². The molecule has 0 spiro atoms. The number of phenols is 1. The third-order valence-corrected chi connectivity index (χ3v) is 2.06. The van der Waals surface area contributed by atoms with E-state index in [1.165, 1.54) is 0 Å². The van der Waals surface area contributed by atoms with E-state index in [1.54, 1.807) is 12.1 Å². The zero-order valence-corrected chi connectivity index (χ0v) is 8.37. The van der Waals surface area contributed by atoms with Gasteiger partial charge in [-0.25, -0.2) is 0 Å². The molecule has 4 N–H and O–H groups in total. The molecule has 0 heterocycles. The lowest BCUT2D eigenvalue weighted by molar-refractivity contribution is 0.475. The molecule has 0 saturated carbocycles. The second-order valence-corrected chi connectivity index (χ2v) is 3.33. The van der Waals surface area contributed by atoms with E-state index in [-0.39, 0.29) is 0 Å². The Hall–Kier alpha value is -1.22. The Labute approximate surface area is 84.9 Å². The van der Waals surface area contributed by atoms with Crippen molar-refractivity contribution in [2.45, 2.75) is 19.3 Å². The molecule has 0 fully saturated rings. The van der Waals surface area contributed by atoms with Gasteiger partial charge < -0.3 is 16.2 Å². The predicted molar refractivity (Wildman–Crippen MR) is 59.5 cm³/mol. The van der Waals surface area contributed by atoms with Gasteiger partial charge >= 0.3 is 0 Å². The summed E-state index contributed by atoms with van der Waals surface area (Å²) in [5, 5.41) is 12.4. The Morgan fingerprint density at radius 3 is 2.79 bits per heavy atom. The van der Waals surface area contributed by atoms with Crippen LogP contribution in [0.4, 0.5) is 5.69 Å². The fourth-order valence-corrected chi connectivity index (χ4v) is 1.29. The van der Waals surface area contributed by atoms with Gasteiger partial charge in [-0.15, -0.1) is 0 Å². The fraction of sp³-hybridized carbons (Fsp3) is 0.455. The number of nitrogens with one attached hydrogen (secondary N) is 1. The number of aromatic hydroxyl groups is 1. The van der Waals surface area contributed by atoms with Crippen LogP contribution in [0.5, 0.6) is 5.75 Å². The average Bonchev–Trinajstić information content (AvgIpc) is 2.18. The van der Waals surface area contributed by atoms with E-state index in [1.807, 2.05) is 12.1 Å². The first kappa shape index (κ1) is 10.9. The molecule has 3 nitrogen and oxygen atoms in total. The van der Waals surface area contributed by atoms with Gasteiger partial charge in [0.2, 0.25) is 0 Å². The second kappa shape index (κ2) is 6.27. The lowest BCUT2D eigenvalue weighted by Gasteiger charge is -2.05. The van der Waals surface area contributed by atoms with E-state index < -0.39 is 0 Å². The van der Waals surface area contributed by atoms with Crippen molar-refractivity contribution in [2.75, 3.05) is 18.4 Å². The van der Waals surface area contributed by atoms with E-state index >= 15 is 0 Å². The lowest BCUT2D eigenvalue weighted by atomic mass is 10.2. The van der Waals surface area contributed by atoms with Crippen LogP contribution in [0.25, 0.3) is 0 Å². The number of nitrogens with two attached hydrogens (primary N) is 1. The van der Waals surface area contributed by atoms with Crippen molar-refractivity contribution in [1.82, 2.24) is 0 Å². The first-order valence-corrected chi connectivity index (χ1v) is 5.06. The Kier molecular flexibility index (Phi) is 4.86. The predicted octanol–water partition coefficient (Wildman–Crippen LogP) is 1.93. The minimum atomic E-state index is 0.303. The summed E-state index contributed by atoms with van der Waals surface area (Å²) in [6.07, 6.45) is 3.36. The number of benzene rings is 1. The van der Waals surface area contributed by atoms with Crippen molar-refractivity contribution in [3.63, 3.8) is 0 Å². The Balaban J connectivity index is 2.18. The van der Waals surface area contributed by atoms with Gasteiger partial charge in [-0.3, -0.25) is 0 Å². The minimum Gasteiger partial charge on any atom is -0.508 e. The molecular formula is C11H18N2O. The number of hydrogen-bond acceptors (Lipinski definition) is 3. The van der Waals surface area contributed by atoms with Gasteiger partial charge in [0.15, 0.2) is 0 Å². The maximum absolute atomic E-state index is 9.20. The molecule has 0 saturated heterocycles. The normalized spacial score (nSPS) is 10.1. The van der Waals surface area contributed by atoms with E-state index in [4.69, 9.17) is 5.73 Å². The summed E-state index contributed by atoms with van der Waals surface area (Å²) in [5.74, 6) is 0.303. The molecular weight excluding hydrogens is 176 g/mol. The van der Waals surface area contributed by atoms with Crippen molar-refractivity contribution >= 4 is 5.69 Å². The maximum Gasteiger partial charge on any atom is 0.117 e. The molecule has 0 aliphatic rings. The first-order chi connectivity index (χ1) is 6.83. The lowest BCUT2D eigenvalue weighted by Crippen LogP contribution is -2.03. The summed E-state index contributed by atoms with van der Waals surface area (Å²) >= 11 is 0. The largest absolute Gasteiger partial charge is 0.508 e. The van der Waals surface area contributed by atoms with Crippen LogP contribution in [0, 0.1) is 0 Å². The van der Waals surface area contributed by atoms with Crippen molar-refractivity contribution in [3.8, 4) is 5.75 Å². The third kappa shape index (κ3) is 4.14. The van der Waals surface area contributed by atoms with Gasteiger partial charge in [0.05, 0.1) is 0 Å². The summed E-state index contributed by atoms with van der Waals surface area (Å²) < 4.78 is 0. The average molecular weight is 194 g/mol. The molecule has 0 unspecified atom stereocenters. The molecule has 0 aliphatic heterocycles. The van der Waals surface area contributed by atoms with Gasteiger partial charge in [-0.05, 0) is 31.5 Å². The van der Waals surface area contributed by atoms with Crippen LogP contribution < -0.4 is 11.1 Å². The van der Waals surface area contributed by atoms with Crippen molar-refractivity contribution < 1.29 is 5.11 Å². The van der Waals surface area contributed by atoms with Gasteiger partial charge in [-0.1, -0.05) is 12.5 Å². The zero-order valence-electron chi connectivity index (χ0n) is 8.37. The van der Waals surface area contributed by atoms with Crippen molar-refractivity contribution in [2.24, 2.45) is 5.73 Å². The number of anilines is 1. The summed E-state index contributed by atoms with van der Waals surface area (Å²) in [7, 11) is 0. The third-order valence-electron chi connectivity index (χ3n) is 2.06. The van der Waals surface area contributed by atoms with Crippen LogP contribution in [-0.4, -0.2) is 18.2 Å². The summed E-state index contributed by atoms with van der Waals surface area (Å²) in [6.45, 7) is 1.70. The zero-order chi connectivity index (χ0) is 10.2. The van der Waals surface area contributed by atoms with Crippen LogP contribution in [0.3, 0.4) is 0 Å². The topological polar surface area (TPSA) is 58.3 Å². The SMILES string of the molecule is NCCCCCNc1cccc(O)c1. The smallest absolute Gasteiger partial charge is 0.117 e. The highest BCUT2D eigenvalue weighted by atomic mass is 16.3. The highest BCUT2D eigenvalue weighted by Gasteiger charge is 1.92. The molecule has 3 heteroatoms. The van der Waals surface area contributed by atoms with Gasteiger partial charge in [-0.2, -0.15) is 0 Å². The number of rotatable bonds is 6. The van der Waals surface area contributed by atoms with Crippen LogP contribution in [0.15, 0.2) is 24.3 Å². The van der Waals surface area contributed by atoms with Crippen LogP contribution in [0.1, 0.15) is 19.3 Å². The monoisotopic (exact) mass is 194 g/mol. The quantitative estimate of drug-likeness (QED) is 0.606. The van der Waals surface area contributed by atoms with E-state index in [2.05, 4.69) is 5.32 Å². The van der Waals surface area contributed by atoms with Crippen LogP contribution in [-0.2, 0) is 0 Å². The first-order valence-electron chi connectivity index (χ1n) is 5.06. The number of unbranched alkanes of at least 4 members (excludes halogenated alkanes) is 2. The highest BCUT2D eigenvalue weighted by molar-refractivity contribution is 5.47. The summed E-state index contributed by atoms with van der Waals surface area (Å²) in [4.78, 5) is 0. The molecule has 78 valence electrons. The molecule has 0 aliphatic carbocycles. The Bertz CT molecular complexity index is 263. The van der Waals surface area contributed by atoms with Gasteiger partial charge in [0, 0.05) is 18.3 Å². The Morgan fingerprint density at radius 1 is 1.21 bits per heavy atom. The van der Waals surface area contributed by atoms with Gasteiger partial charge in [0.25, 0.3) is 0 Å². The fourth-order valence-electron chi connectivity index (χ4n) is 1.29. The van der Waals surface area contributed by atoms with E-state index in [0.29, 0.717) is 5.75 Å². The number of phenolic OH excluding ortho intramolecular Hbond substituents is 1. The molecule has 14 heavy (non-hydrogen) atoms. The van der Waals surface area contributed by atoms with Crippen molar-refractivity contribution in [3.05, 3.63) is 24.3 Å². The summed E-state index contributed by atoms with van der Waals surface area (Å²) in [5.41, 5.74) is 6.36. The molecule has 0 amide bonds. The molecule has 0 aromatic heterocycles. The number of hydrogen-bond donors (Lipinski definition) is 3. The molecule has 0 radical (unpaired) electrons. The van der Waals surface area contributed by atoms with Crippen LogP contribution in [0.2, 0.25) is 0 Å².